The largest absolute Gasteiger partial charge is 0.419 e. The van der Waals surface area contributed by atoms with Gasteiger partial charge in [0.15, 0.2) is 0 Å². The van der Waals surface area contributed by atoms with E-state index in [4.69, 9.17) is 27.6 Å². The monoisotopic (exact) mass is 432 g/mol. The number of hydrogen-bond donors (Lipinski definition) is 1. The summed E-state index contributed by atoms with van der Waals surface area (Å²) in [5, 5.41) is 12.3. The summed E-state index contributed by atoms with van der Waals surface area (Å²) < 4.78 is 5.76. The fourth-order valence-electron chi connectivity index (χ4n) is 2.92. The molecule has 0 atom stereocenters. The van der Waals surface area contributed by atoms with E-state index in [1.54, 1.807) is 12.1 Å². The molecule has 29 heavy (non-hydrogen) atoms. The van der Waals surface area contributed by atoms with Crippen LogP contribution in [0.5, 0.6) is 0 Å². The summed E-state index contributed by atoms with van der Waals surface area (Å²) in [6.45, 7) is 5.20. The number of nitrogens with zero attached hydrogens (tertiary/aromatic N) is 3. The first-order chi connectivity index (χ1) is 14.0. The van der Waals surface area contributed by atoms with Gasteiger partial charge in [-0.3, -0.25) is 9.69 Å². The van der Waals surface area contributed by atoms with Gasteiger partial charge in [-0.15, -0.1) is 10.2 Å². The van der Waals surface area contributed by atoms with Crippen LogP contribution in [-0.4, -0.2) is 34.1 Å². The minimum atomic E-state index is -0.130. The second-order valence-electron chi connectivity index (χ2n) is 6.65. The molecule has 6 nitrogen and oxygen atoms in total. The summed E-state index contributed by atoms with van der Waals surface area (Å²) in [5.41, 5.74) is 2.23. The van der Waals surface area contributed by atoms with E-state index in [1.807, 2.05) is 42.2 Å². The number of nitrogens with one attached hydrogen (secondary N) is 1. The predicted octanol–water partition coefficient (Wildman–Crippen LogP) is 5.20. The summed E-state index contributed by atoms with van der Waals surface area (Å²) in [6.07, 6.45) is 0.884. The van der Waals surface area contributed by atoms with Gasteiger partial charge < -0.3 is 9.73 Å². The van der Waals surface area contributed by atoms with E-state index >= 15 is 0 Å². The van der Waals surface area contributed by atoms with E-state index in [0.717, 1.165) is 12.0 Å². The van der Waals surface area contributed by atoms with Gasteiger partial charge in [-0.05, 0) is 49.7 Å². The molecule has 1 amide bonds. The molecule has 0 bridgehead atoms. The fraction of sp³-hybridized carbons (Fsp3) is 0.286. The lowest BCUT2D eigenvalue weighted by atomic mass is 10.2. The number of anilines is 1. The van der Waals surface area contributed by atoms with Gasteiger partial charge in [0.1, 0.15) is 0 Å². The van der Waals surface area contributed by atoms with Gasteiger partial charge in [-0.2, -0.15) is 0 Å². The second-order valence-corrected chi connectivity index (χ2v) is 7.47. The number of carbonyl (C=O) groups is 1. The third kappa shape index (κ3) is 5.56. The Labute approximate surface area is 179 Å². The number of hydrogen-bond acceptors (Lipinski definition) is 5. The molecule has 0 aliphatic carbocycles. The molecule has 0 radical (unpaired) electrons. The van der Waals surface area contributed by atoms with Crippen LogP contribution < -0.4 is 5.32 Å². The Kier molecular flexibility index (Phi) is 7.25. The number of rotatable bonds is 8. The predicted molar refractivity (Wildman–Crippen MR) is 115 cm³/mol. The zero-order valence-corrected chi connectivity index (χ0v) is 17.8. The number of benzene rings is 2. The van der Waals surface area contributed by atoms with Crippen molar-refractivity contribution in [2.75, 3.05) is 18.4 Å². The molecule has 1 aromatic heterocycles. The van der Waals surface area contributed by atoms with Crippen LogP contribution in [0.1, 0.15) is 24.8 Å². The average molecular weight is 433 g/mol. The third-order valence-electron chi connectivity index (χ3n) is 4.38. The molecule has 3 rings (SSSR count). The molecule has 2 aromatic carbocycles. The van der Waals surface area contributed by atoms with Crippen molar-refractivity contribution in [2.24, 2.45) is 0 Å². The summed E-state index contributed by atoms with van der Waals surface area (Å²) in [4.78, 5) is 14.5. The van der Waals surface area contributed by atoms with E-state index in [0.29, 0.717) is 46.2 Å². The maximum atomic E-state index is 12.5. The maximum absolute atomic E-state index is 12.5. The Morgan fingerprint density at radius 1 is 1.10 bits per heavy atom. The van der Waals surface area contributed by atoms with Crippen molar-refractivity contribution in [1.29, 1.82) is 0 Å². The Morgan fingerprint density at radius 2 is 1.86 bits per heavy atom. The normalized spacial score (nSPS) is 11.1. The summed E-state index contributed by atoms with van der Waals surface area (Å²) in [6, 6.07) is 12.7. The lowest BCUT2D eigenvalue weighted by molar-refractivity contribution is -0.117. The molecular formula is C21H22Cl2N4O2. The molecule has 0 unspecified atom stereocenters. The van der Waals surface area contributed by atoms with Crippen molar-refractivity contribution in [2.45, 2.75) is 26.8 Å². The molecule has 152 valence electrons. The van der Waals surface area contributed by atoms with Gasteiger partial charge in [-0.1, -0.05) is 48.3 Å². The highest BCUT2D eigenvalue weighted by atomic mass is 35.5. The Bertz CT molecular complexity index is 990. The minimum absolute atomic E-state index is 0.130. The van der Waals surface area contributed by atoms with Crippen molar-refractivity contribution >= 4 is 34.8 Å². The summed E-state index contributed by atoms with van der Waals surface area (Å²) >= 11 is 12.3. The molecule has 0 spiro atoms. The standard InChI is InChI=1S/C21H22Cl2N4O2/c1-3-11-27(12-19(28)24-18-10-6-9-16(22)14(18)2)13-20-25-26-21(29-20)15-7-4-5-8-17(15)23/h4-10H,3,11-13H2,1-2H3,(H,24,28). The van der Waals surface area contributed by atoms with Crippen LogP contribution in [0.2, 0.25) is 10.0 Å². The highest BCUT2D eigenvalue weighted by molar-refractivity contribution is 6.33. The van der Waals surface area contributed by atoms with Gasteiger partial charge >= 0.3 is 0 Å². The highest BCUT2D eigenvalue weighted by Crippen LogP contribution is 2.26. The lowest BCUT2D eigenvalue weighted by Crippen LogP contribution is -2.33. The van der Waals surface area contributed by atoms with Crippen LogP contribution in [-0.2, 0) is 11.3 Å². The minimum Gasteiger partial charge on any atom is -0.419 e. The molecule has 8 heteroatoms. The third-order valence-corrected chi connectivity index (χ3v) is 5.12. The second kappa shape index (κ2) is 9.87. The zero-order chi connectivity index (χ0) is 20.8. The maximum Gasteiger partial charge on any atom is 0.249 e. The topological polar surface area (TPSA) is 71.3 Å². The van der Waals surface area contributed by atoms with Crippen LogP contribution in [0.4, 0.5) is 5.69 Å². The van der Waals surface area contributed by atoms with E-state index in [2.05, 4.69) is 22.4 Å². The van der Waals surface area contributed by atoms with Gasteiger partial charge in [-0.25, -0.2) is 0 Å². The van der Waals surface area contributed by atoms with Crippen LogP contribution in [0.25, 0.3) is 11.5 Å². The zero-order valence-electron chi connectivity index (χ0n) is 16.3. The SMILES string of the molecule is CCCN(CC(=O)Nc1cccc(Cl)c1C)Cc1nnc(-c2ccccc2Cl)o1. The van der Waals surface area contributed by atoms with Crippen molar-refractivity contribution in [1.82, 2.24) is 15.1 Å². The van der Waals surface area contributed by atoms with Crippen molar-refractivity contribution in [3.63, 3.8) is 0 Å². The molecule has 0 aliphatic rings. The van der Waals surface area contributed by atoms with Crippen LogP contribution in [0.3, 0.4) is 0 Å². The molecule has 0 fully saturated rings. The molecule has 0 aliphatic heterocycles. The number of halogens is 2. The first-order valence-electron chi connectivity index (χ1n) is 9.32. The molecule has 0 saturated heterocycles. The highest BCUT2D eigenvalue weighted by Gasteiger charge is 2.17. The van der Waals surface area contributed by atoms with Crippen molar-refractivity contribution in [3.8, 4) is 11.5 Å². The first kappa shape index (κ1) is 21.3. The summed E-state index contributed by atoms with van der Waals surface area (Å²) in [7, 11) is 0. The lowest BCUT2D eigenvalue weighted by Gasteiger charge is -2.19. The van der Waals surface area contributed by atoms with E-state index in [-0.39, 0.29) is 12.5 Å². The smallest absolute Gasteiger partial charge is 0.249 e. The van der Waals surface area contributed by atoms with Gasteiger partial charge in [0, 0.05) is 10.7 Å². The van der Waals surface area contributed by atoms with Crippen LogP contribution >= 0.6 is 23.2 Å². The number of carbonyl (C=O) groups excluding carboxylic acids is 1. The van der Waals surface area contributed by atoms with Crippen molar-refractivity contribution in [3.05, 3.63) is 64.0 Å². The van der Waals surface area contributed by atoms with E-state index in [1.165, 1.54) is 0 Å². The molecular weight excluding hydrogens is 411 g/mol. The Balaban J connectivity index is 1.67. The van der Waals surface area contributed by atoms with Gasteiger partial charge in [0.2, 0.25) is 17.7 Å². The van der Waals surface area contributed by atoms with Crippen LogP contribution in [0.15, 0.2) is 46.9 Å². The van der Waals surface area contributed by atoms with E-state index in [9.17, 15) is 4.79 Å². The van der Waals surface area contributed by atoms with Crippen LogP contribution in [0, 0.1) is 6.92 Å². The molecule has 0 saturated carbocycles. The number of aromatic nitrogens is 2. The summed E-state index contributed by atoms with van der Waals surface area (Å²) in [5.74, 6) is 0.663. The molecule has 1 heterocycles. The van der Waals surface area contributed by atoms with Gasteiger partial charge in [0.05, 0.1) is 23.7 Å². The first-order valence-corrected chi connectivity index (χ1v) is 10.1. The molecule has 3 aromatic rings. The Morgan fingerprint density at radius 3 is 2.62 bits per heavy atom. The fourth-order valence-corrected chi connectivity index (χ4v) is 3.31. The van der Waals surface area contributed by atoms with Crippen molar-refractivity contribution < 1.29 is 9.21 Å². The average Bonchev–Trinajstić information content (AvgIpc) is 3.14. The van der Waals surface area contributed by atoms with E-state index < -0.39 is 0 Å². The van der Waals surface area contributed by atoms with Gasteiger partial charge in [0.25, 0.3) is 0 Å². The number of amides is 1. The Hall–Kier alpha value is -2.41. The quantitative estimate of drug-likeness (QED) is 0.529. The molecule has 1 N–H and O–H groups in total.